The molecule has 0 aromatic carbocycles. The molecule has 2 unspecified atom stereocenters. The Bertz CT molecular complexity index is 380. The van der Waals surface area contributed by atoms with Crippen LogP contribution in [0.15, 0.2) is 15.9 Å². The predicted octanol–water partition coefficient (Wildman–Crippen LogP) is 3.68. The van der Waals surface area contributed by atoms with Crippen molar-refractivity contribution in [3.8, 4) is 0 Å². The summed E-state index contributed by atoms with van der Waals surface area (Å²) in [5.74, 6) is 0. The first-order chi connectivity index (χ1) is 7.63. The van der Waals surface area contributed by atoms with Gasteiger partial charge in [-0.25, -0.2) is 4.39 Å². The van der Waals surface area contributed by atoms with Crippen molar-refractivity contribution < 1.29 is 4.39 Å². The summed E-state index contributed by atoms with van der Waals surface area (Å²) in [4.78, 5) is 1.16. The molecule has 2 fully saturated rings. The van der Waals surface area contributed by atoms with Gasteiger partial charge in [-0.2, -0.15) is 0 Å². The van der Waals surface area contributed by atoms with Crippen LogP contribution in [0.5, 0.6) is 0 Å². The Kier molecular flexibility index (Phi) is 2.84. The molecular formula is C12H15BrFNS. The molecule has 0 aliphatic carbocycles. The maximum absolute atomic E-state index is 14.8. The van der Waals surface area contributed by atoms with E-state index in [9.17, 15) is 4.39 Å². The summed E-state index contributed by atoms with van der Waals surface area (Å²) in [5.41, 5.74) is -0.971. The highest BCUT2D eigenvalue weighted by atomic mass is 79.9. The van der Waals surface area contributed by atoms with Crippen molar-refractivity contribution in [3.63, 3.8) is 0 Å². The number of thiophene rings is 1. The highest BCUT2D eigenvalue weighted by Gasteiger charge is 2.44. The van der Waals surface area contributed by atoms with Crippen molar-refractivity contribution in [2.24, 2.45) is 0 Å². The monoisotopic (exact) mass is 303 g/mol. The average Bonchev–Trinajstić information content (AvgIpc) is 2.73. The highest BCUT2D eigenvalue weighted by molar-refractivity contribution is 9.11. The Morgan fingerprint density at radius 3 is 2.62 bits per heavy atom. The van der Waals surface area contributed by atoms with E-state index in [0.29, 0.717) is 31.3 Å². The van der Waals surface area contributed by atoms with Crippen molar-refractivity contribution in [2.45, 2.75) is 49.9 Å². The van der Waals surface area contributed by atoms with Gasteiger partial charge in [0.1, 0.15) is 5.67 Å². The van der Waals surface area contributed by atoms with Gasteiger partial charge >= 0.3 is 0 Å². The van der Waals surface area contributed by atoms with Gasteiger partial charge in [-0.15, -0.1) is 11.3 Å². The molecule has 1 aromatic rings. The van der Waals surface area contributed by atoms with Crippen LogP contribution in [0.1, 0.15) is 30.6 Å². The molecule has 2 atom stereocenters. The minimum atomic E-state index is -0.971. The van der Waals surface area contributed by atoms with Gasteiger partial charge in [-0.3, -0.25) is 0 Å². The molecule has 3 rings (SSSR count). The molecule has 1 nitrogen and oxygen atoms in total. The molecule has 2 aliphatic heterocycles. The third kappa shape index (κ3) is 2.20. The number of nitrogens with one attached hydrogen (secondary N) is 1. The molecule has 16 heavy (non-hydrogen) atoms. The van der Waals surface area contributed by atoms with Crippen molar-refractivity contribution in [2.75, 3.05) is 0 Å². The lowest BCUT2D eigenvalue weighted by Gasteiger charge is -2.34. The van der Waals surface area contributed by atoms with E-state index in [4.69, 9.17) is 0 Å². The number of fused-ring (bicyclic) bond motifs is 2. The zero-order valence-corrected chi connectivity index (χ0v) is 11.4. The third-order valence-corrected chi connectivity index (χ3v) is 5.30. The first-order valence-electron chi connectivity index (χ1n) is 5.82. The van der Waals surface area contributed by atoms with E-state index in [0.717, 1.165) is 21.5 Å². The molecule has 2 saturated heterocycles. The summed E-state index contributed by atoms with van der Waals surface area (Å²) < 4.78 is 15.9. The quantitative estimate of drug-likeness (QED) is 0.879. The SMILES string of the molecule is FC1(Cc2ccc(Br)s2)CC2CCC(C1)N2. The molecule has 4 heteroatoms. The van der Waals surface area contributed by atoms with Gasteiger partial charge in [0, 0.05) is 23.4 Å². The normalized spacial score (nSPS) is 37.9. The number of alkyl halides is 1. The molecule has 3 heterocycles. The smallest absolute Gasteiger partial charge is 0.118 e. The average molecular weight is 304 g/mol. The fourth-order valence-electron chi connectivity index (χ4n) is 3.09. The number of hydrogen-bond donors (Lipinski definition) is 1. The van der Waals surface area contributed by atoms with Crippen molar-refractivity contribution in [1.82, 2.24) is 5.32 Å². The van der Waals surface area contributed by atoms with Crippen LogP contribution in [0.4, 0.5) is 4.39 Å². The largest absolute Gasteiger partial charge is 0.311 e. The summed E-state index contributed by atoms with van der Waals surface area (Å²) >= 11 is 5.09. The highest BCUT2D eigenvalue weighted by Crippen LogP contribution is 2.40. The van der Waals surface area contributed by atoms with E-state index in [1.165, 1.54) is 0 Å². The van der Waals surface area contributed by atoms with E-state index >= 15 is 0 Å². The maximum atomic E-state index is 14.8. The third-order valence-electron chi connectivity index (χ3n) is 3.68. The number of halogens is 2. The molecule has 2 aliphatic rings. The minimum Gasteiger partial charge on any atom is -0.311 e. The van der Waals surface area contributed by atoms with E-state index in [1.807, 2.05) is 12.1 Å². The van der Waals surface area contributed by atoms with Crippen molar-refractivity contribution in [3.05, 3.63) is 20.8 Å². The fraction of sp³-hybridized carbons (Fsp3) is 0.667. The second-order valence-corrected chi connectivity index (χ2v) is 7.63. The van der Waals surface area contributed by atoms with Crippen molar-refractivity contribution in [1.29, 1.82) is 0 Å². The van der Waals surface area contributed by atoms with Crippen LogP contribution in [0, 0.1) is 0 Å². The molecular weight excluding hydrogens is 289 g/mol. The molecule has 0 spiro atoms. The predicted molar refractivity (Wildman–Crippen MR) is 68.7 cm³/mol. The van der Waals surface area contributed by atoms with Gasteiger partial charge in [0.05, 0.1) is 3.79 Å². The summed E-state index contributed by atoms with van der Waals surface area (Å²) in [5, 5.41) is 3.49. The van der Waals surface area contributed by atoms with Gasteiger partial charge in [0.25, 0.3) is 0 Å². The number of rotatable bonds is 2. The van der Waals surface area contributed by atoms with Crippen LogP contribution in [0.2, 0.25) is 0 Å². The van der Waals surface area contributed by atoms with Gasteiger partial charge < -0.3 is 5.32 Å². The minimum absolute atomic E-state index is 0.423. The van der Waals surface area contributed by atoms with Crippen LogP contribution < -0.4 is 5.32 Å². The topological polar surface area (TPSA) is 12.0 Å². The Hall–Kier alpha value is 0.0700. The zero-order valence-electron chi connectivity index (χ0n) is 9.01. The zero-order chi connectivity index (χ0) is 11.2. The summed E-state index contributed by atoms with van der Waals surface area (Å²) in [6.45, 7) is 0. The number of piperidine rings is 1. The molecule has 0 saturated carbocycles. The summed E-state index contributed by atoms with van der Waals surface area (Å²) in [6, 6.07) is 4.90. The van der Waals surface area contributed by atoms with E-state index < -0.39 is 5.67 Å². The Morgan fingerprint density at radius 1 is 1.38 bits per heavy atom. The van der Waals surface area contributed by atoms with Gasteiger partial charge in [-0.1, -0.05) is 0 Å². The van der Waals surface area contributed by atoms with Gasteiger partial charge in [0.15, 0.2) is 0 Å². The standard InChI is InChI=1S/C12H15BrFNS/c13-11-4-3-10(16-11)7-12(14)5-8-1-2-9(6-12)15-8/h3-4,8-9,15H,1-2,5-7H2. The first kappa shape index (κ1) is 11.2. The van der Waals surface area contributed by atoms with E-state index in [-0.39, 0.29) is 0 Å². The second kappa shape index (κ2) is 4.07. The van der Waals surface area contributed by atoms with Gasteiger partial charge in [0.2, 0.25) is 0 Å². The lowest BCUT2D eigenvalue weighted by molar-refractivity contribution is 0.0902. The van der Waals surface area contributed by atoms with Crippen molar-refractivity contribution >= 4 is 27.3 Å². The van der Waals surface area contributed by atoms with E-state index in [2.05, 4.69) is 21.2 Å². The van der Waals surface area contributed by atoms with Crippen LogP contribution in [0.25, 0.3) is 0 Å². The molecule has 88 valence electrons. The molecule has 2 bridgehead atoms. The summed E-state index contributed by atoms with van der Waals surface area (Å²) in [6.07, 6.45) is 4.30. The lowest BCUT2D eigenvalue weighted by atomic mass is 9.86. The van der Waals surface area contributed by atoms with Crippen LogP contribution in [-0.4, -0.2) is 17.8 Å². The fourth-order valence-corrected chi connectivity index (χ4v) is 4.70. The lowest BCUT2D eigenvalue weighted by Crippen LogP contribution is -2.47. The van der Waals surface area contributed by atoms with Crippen LogP contribution >= 0.6 is 27.3 Å². The Balaban J connectivity index is 1.74. The molecule has 1 aromatic heterocycles. The Morgan fingerprint density at radius 2 is 2.06 bits per heavy atom. The van der Waals surface area contributed by atoms with Crippen LogP contribution in [0.3, 0.4) is 0 Å². The molecule has 0 amide bonds. The molecule has 0 radical (unpaired) electrons. The molecule has 1 N–H and O–H groups in total. The van der Waals surface area contributed by atoms with Crippen LogP contribution in [-0.2, 0) is 6.42 Å². The number of hydrogen-bond acceptors (Lipinski definition) is 2. The maximum Gasteiger partial charge on any atom is 0.118 e. The second-order valence-electron chi connectivity index (χ2n) is 5.08. The summed E-state index contributed by atoms with van der Waals surface area (Å²) in [7, 11) is 0. The first-order valence-corrected chi connectivity index (χ1v) is 7.43. The van der Waals surface area contributed by atoms with E-state index in [1.54, 1.807) is 11.3 Å². The van der Waals surface area contributed by atoms with Gasteiger partial charge in [-0.05, 0) is 53.7 Å². The Labute approximate surface area is 108 Å².